The molecular weight excluding hydrogens is 226 g/mol. The topological polar surface area (TPSA) is 60.2 Å². The van der Waals surface area contributed by atoms with Gasteiger partial charge in [0, 0.05) is 22.4 Å². The van der Waals surface area contributed by atoms with Crippen molar-refractivity contribution in [2.24, 2.45) is 0 Å². The van der Waals surface area contributed by atoms with E-state index in [2.05, 4.69) is 0 Å². The number of anilines is 1. The third kappa shape index (κ3) is 1.31. The highest BCUT2D eigenvalue weighted by Gasteiger charge is 2.30. The van der Waals surface area contributed by atoms with E-state index >= 15 is 0 Å². The molecule has 0 aromatic heterocycles. The molecule has 88 valence electrons. The minimum atomic E-state index is -0.169. The van der Waals surface area contributed by atoms with E-state index in [9.17, 15) is 9.59 Å². The van der Waals surface area contributed by atoms with Crippen LogP contribution < -0.4 is 5.73 Å². The lowest BCUT2D eigenvalue weighted by molar-refractivity contribution is 0.0979. The molecule has 0 radical (unpaired) electrons. The molecule has 3 nitrogen and oxygen atoms in total. The van der Waals surface area contributed by atoms with Crippen LogP contribution in [0, 0.1) is 6.92 Å². The van der Waals surface area contributed by atoms with Crippen LogP contribution in [-0.4, -0.2) is 11.6 Å². The number of carbonyl (C=O) groups excluding carboxylic acids is 2. The Bertz CT molecular complexity index is 702. The maximum absolute atomic E-state index is 12.4. The Hall–Kier alpha value is -2.42. The minimum absolute atomic E-state index is 0.129. The van der Waals surface area contributed by atoms with Crippen molar-refractivity contribution in [2.45, 2.75) is 6.92 Å². The zero-order valence-electron chi connectivity index (χ0n) is 9.86. The van der Waals surface area contributed by atoms with E-state index in [1.807, 2.05) is 6.92 Å². The van der Waals surface area contributed by atoms with Crippen molar-refractivity contribution in [3.05, 3.63) is 64.2 Å². The monoisotopic (exact) mass is 237 g/mol. The van der Waals surface area contributed by atoms with E-state index in [0.29, 0.717) is 27.9 Å². The second kappa shape index (κ2) is 3.53. The van der Waals surface area contributed by atoms with E-state index in [1.54, 1.807) is 36.4 Å². The van der Waals surface area contributed by atoms with E-state index in [-0.39, 0.29) is 11.6 Å². The normalized spacial score (nSPS) is 13.2. The second-order valence-corrected chi connectivity index (χ2v) is 4.48. The van der Waals surface area contributed by atoms with Crippen LogP contribution in [-0.2, 0) is 0 Å². The molecule has 2 N–H and O–H groups in total. The number of nitrogens with two attached hydrogens (primary N) is 1. The Labute approximate surface area is 104 Å². The zero-order valence-corrected chi connectivity index (χ0v) is 9.86. The van der Waals surface area contributed by atoms with Gasteiger partial charge in [0.25, 0.3) is 0 Å². The summed E-state index contributed by atoms with van der Waals surface area (Å²) in [5.41, 5.74) is 8.78. The lowest BCUT2D eigenvalue weighted by Gasteiger charge is -2.19. The highest BCUT2D eigenvalue weighted by Crippen LogP contribution is 2.31. The van der Waals surface area contributed by atoms with Crippen molar-refractivity contribution in [1.82, 2.24) is 0 Å². The van der Waals surface area contributed by atoms with Crippen LogP contribution >= 0.6 is 0 Å². The summed E-state index contributed by atoms with van der Waals surface area (Å²) in [4.78, 5) is 24.7. The van der Waals surface area contributed by atoms with Gasteiger partial charge >= 0.3 is 0 Å². The number of carbonyl (C=O) groups is 2. The Kier molecular flexibility index (Phi) is 2.10. The third-order valence-electron chi connectivity index (χ3n) is 3.20. The fourth-order valence-corrected chi connectivity index (χ4v) is 2.41. The molecule has 0 amide bonds. The van der Waals surface area contributed by atoms with Crippen LogP contribution in [0.3, 0.4) is 0 Å². The van der Waals surface area contributed by atoms with Gasteiger partial charge in [-0.15, -0.1) is 0 Å². The quantitative estimate of drug-likeness (QED) is 0.610. The van der Waals surface area contributed by atoms with Gasteiger partial charge in [0.15, 0.2) is 11.6 Å². The highest BCUT2D eigenvalue weighted by molar-refractivity contribution is 6.30. The highest BCUT2D eigenvalue weighted by atomic mass is 16.1. The van der Waals surface area contributed by atoms with Crippen LogP contribution in [0.15, 0.2) is 36.4 Å². The number of rotatable bonds is 0. The van der Waals surface area contributed by atoms with Crippen LogP contribution in [0.2, 0.25) is 0 Å². The molecule has 0 unspecified atom stereocenters. The van der Waals surface area contributed by atoms with Gasteiger partial charge in [0.1, 0.15) is 0 Å². The number of benzene rings is 2. The fourth-order valence-electron chi connectivity index (χ4n) is 2.41. The van der Waals surface area contributed by atoms with Crippen molar-refractivity contribution in [1.29, 1.82) is 0 Å². The molecule has 2 aromatic carbocycles. The molecule has 0 bridgehead atoms. The Morgan fingerprint density at radius 1 is 0.889 bits per heavy atom. The lowest BCUT2D eigenvalue weighted by Crippen LogP contribution is -2.22. The average molecular weight is 237 g/mol. The SMILES string of the molecule is Cc1cc(N)c2c(c1)C(=O)c1ccccc1C2=O. The Balaban J connectivity index is 2.37. The first kappa shape index (κ1) is 10.7. The second-order valence-electron chi connectivity index (χ2n) is 4.48. The predicted molar refractivity (Wildman–Crippen MR) is 68.9 cm³/mol. The van der Waals surface area contributed by atoms with E-state index < -0.39 is 0 Å². The summed E-state index contributed by atoms with van der Waals surface area (Å²) in [5.74, 6) is -0.298. The van der Waals surface area contributed by atoms with Crippen molar-refractivity contribution >= 4 is 17.3 Å². The zero-order chi connectivity index (χ0) is 12.9. The summed E-state index contributed by atoms with van der Waals surface area (Å²) in [6.45, 7) is 1.86. The Morgan fingerprint density at radius 3 is 2.17 bits per heavy atom. The lowest BCUT2D eigenvalue weighted by atomic mass is 9.82. The number of ketones is 2. The number of hydrogen-bond acceptors (Lipinski definition) is 3. The molecule has 3 rings (SSSR count). The summed E-state index contributed by atoms with van der Waals surface area (Å²) in [6, 6.07) is 10.3. The van der Waals surface area contributed by atoms with Gasteiger partial charge in [0.05, 0.1) is 5.56 Å². The summed E-state index contributed by atoms with van der Waals surface area (Å²) in [7, 11) is 0. The number of nitrogen functional groups attached to an aromatic ring is 1. The molecule has 18 heavy (non-hydrogen) atoms. The number of hydrogen-bond donors (Lipinski definition) is 1. The van der Waals surface area contributed by atoms with Crippen molar-refractivity contribution in [3.8, 4) is 0 Å². The molecular formula is C15H11NO2. The fraction of sp³-hybridized carbons (Fsp3) is 0.0667. The number of fused-ring (bicyclic) bond motifs is 2. The van der Waals surface area contributed by atoms with Gasteiger partial charge in [-0.25, -0.2) is 0 Å². The molecule has 0 saturated heterocycles. The van der Waals surface area contributed by atoms with Crippen molar-refractivity contribution in [2.75, 3.05) is 5.73 Å². The summed E-state index contributed by atoms with van der Waals surface area (Å²) in [5, 5.41) is 0. The predicted octanol–water partition coefficient (Wildman–Crippen LogP) is 2.35. The van der Waals surface area contributed by atoms with Crippen LogP contribution in [0.5, 0.6) is 0 Å². The van der Waals surface area contributed by atoms with Crippen LogP contribution in [0.25, 0.3) is 0 Å². The van der Waals surface area contributed by atoms with Crippen LogP contribution in [0.1, 0.15) is 37.4 Å². The van der Waals surface area contributed by atoms with Gasteiger partial charge in [-0.05, 0) is 24.6 Å². The Morgan fingerprint density at radius 2 is 1.50 bits per heavy atom. The first-order valence-corrected chi connectivity index (χ1v) is 5.68. The van der Waals surface area contributed by atoms with Gasteiger partial charge < -0.3 is 5.73 Å². The maximum atomic E-state index is 12.4. The van der Waals surface area contributed by atoms with E-state index in [0.717, 1.165) is 5.56 Å². The van der Waals surface area contributed by atoms with Gasteiger partial charge in [-0.3, -0.25) is 9.59 Å². The summed E-state index contributed by atoms with van der Waals surface area (Å²) < 4.78 is 0. The smallest absolute Gasteiger partial charge is 0.196 e. The standard InChI is InChI=1S/C15H11NO2/c1-8-6-11-13(12(16)7-8)15(18)10-5-3-2-4-9(10)14(11)17/h2-7H,16H2,1H3. The molecule has 0 fully saturated rings. The van der Waals surface area contributed by atoms with Crippen LogP contribution in [0.4, 0.5) is 5.69 Å². The largest absolute Gasteiger partial charge is 0.398 e. The molecule has 2 aromatic rings. The van der Waals surface area contributed by atoms with Gasteiger partial charge in [-0.2, -0.15) is 0 Å². The first-order valence-electron chi connectivity index (χ1n) is 5.68. The molecule has 0 saturated carbocycles. The molecule has 3 heteroatoms. The third-order valence-corrected chi connectivity index (χ3v) is 3.20. The average Bonchev–Trinajstić information content (AvgIpc) is 2.35. The maximum Gasteiger partial charge on any atom is 0.196 e. The summed E-state index contributed by atoms with van der Waals surface area (Å²) in [6.07, 6.45) is 0. The molecule has 0 spiro atoms. The molecule has 0 atom stereocenters. The van der Waals surface area contributed by atoms with Crippen molar-refractivity contribution in [3.63, 3.8) is 0 Å². The van der Waals surface area contributed by atoms with Gasteiger partial charge in [0.2, 0.25) is 0 Å². The molecule has 1 aliphatic carbocycles. The molecule has 0 aliphatic heterocycles. The van der Waals surface area contributed by atoms with E-state index in [1.165, 1.54) is 0 Å². The van der Waals surface area contributed by atoms with E-state index in [4.69, 9.17) is 5.73 Å². The minimum Gasteiger partial charge on any atom is -0.398 e. The van der Waals surface area contributed by atoms with Gasteiger partial charge in [-0.1, -0.05) is 24.3 Å². The van der Waals surface area contributed by atoms with Crippen molar-refractivity contribution < 1.29 is 9.59 Å². The summed E-state index contributed by atoms with van der Waals surface area (Å²) >= 11 is 0. The molecule has 1 aliphatic rings. The number of aryl methyl sites for hydroxylation is 1. The molecule has 0 heterocycles. The first-order chi connectivity index (χ1) is 8.59.